The van der Waals surface area contributed by atoms with Crippen LogP contribution in [0.15, 0.2) is 29.2 Å². The molecule has 146 valence electrons. The summed E-state index contributed by atoms with van der Waals surface area (Å²) < 4.78 is 31.9. The molecule has 2 N–H and O–H groups in total. The second kappa shape index (κ2) is 8.94. The largest absolute Gasteiger partial charge is 0.368 e. The maximum Gasteiger partial charge on any atom is 0.252 e. The van der Waals surface area contributed by atoms with E-state index in [4.69, 9.17) is 4.74 Å². The fourth-order valence-corrected chi connectivity index (χ4v) is 4.65. The molecule has 1 aromatic rings. The first-order chi connectivity index (χ1) is 12.4. The lowest BCUT2D eigenvalue weighted by Gasteiger charge is -2.34. The van der Waals surface area contributed by atoms with Crippen LogP contribution >= 0.6 is 0 Å². The van der Waals surface area contributed by atoms with Gasteiger partial charge < -0.3 is 15.4 Å². The van der Waals surface area contributed by atoms with Crippen LogP contribution in [0.2, 0.25) is 0 Å². The van der Waals surface area contributed by atoms with Crippen molar-refractivity contribution in [2.75, 3.05) is 33.3 Å². The zero-order valence-electron chi connectivity index (χ0n) is 15.7. The van der Waals surface area contributed by atoms with Crippen molar-refractivity contribution in [3.05, 3.63) is 29.8 Å². The summed E-state index contributed by atoms with van der Waals surface area (Å²) in [5.74, 6) is -0.124. The smallest absolute Gasteiger partial charge is 0.252 e. The van der Waals surface area contributed by atoms with Crippen LogP contribution in [-0.4, -0.2) is 57.5 Å². The van der Waals surface area contributed by atoms with Gasteiger partial charge in [0.15, 0.2) is 0 Å². The van der Waals surface area contributed by atoms with Crippen molar-refractivity contribution in [1.29, 1.82) is 0 Å². The van der Waals surface area contributed by atoms with Crippen molar-refractivity contribution in [2.24, 2.45) is 0 Å². The molecule has 1 fully saturated rings. The monoisotopic (exact) mass is 383 g/mol. The Morgan fingerprint density at radius 3 is 2.27 bits per heavy atom. The minimum absolute atomic E-state index is 0.124. The van der Waals surface area contributed by atoms with Crippen LogP contribution in [-0.2, 0) is 26.1 Å². The Labute approximate surface area is 156 Å². The molecule has 1 saturated heterocycles. The molecular weight excluding hydrogens is 354 g/mol. The zero-order valence-corrected chi connectivity index (χ0v) is 16.6. The lowest BCUT2D eigenvalue weighted by molar-refractivity contribution is -0.146. The lowest BCUT2D eigenvalue weighted by Crippen LogP contribution is -2.53. The first-order valence-corrected chi connectivity index (χ1v) is 10.5. The normalized spacial score (nSPS) is 17.2. The zero-order chi connectivity index (χ0) is 19.2. The van der Waals surface area contributed by atoms with E-state index in [9.17, 15) is 13.2 Å². The van der Waals surface area contributed by atoms with E-state index in [0.29, 0.717) is 32.5 Å². The van der Waals surface area contributed by atoms with Gasteiger partial charge in [0, 0.05) is 26.7 Å². The fourth-order valence-electron chi connectivity index (χ4n) is 3.19. The van der Waals surface area contributed by atoms with Gasteiger partial charge in [0.2, 0.25) is 10.0 Å². The van der Waals surface area contributed by atoms with Gasteiger partial charge >= 0.3 is 0 Å². The summed E-state index contributed by atoms with van der Waals surface area (Å²) in [7, 11) is -1.89. The quantitative estimate of drug-likeness (QED) is 0.702. The fraction of sp³-hybridized carbons (Fsp3) is 0.611. The van der Waals surface area contributed by atoms with E-state index in [1.807, 2.05) is 13.8 Å². The molecule has 7 nitrogen and oxygen atoms in total. The van der Waals surface area contributed by atoms with Gasteiger partial charge in [0.1, 0.15) is 5.60 Å². The van der Waals surface area contributed by atoms with Crippen molar-refractivity contribution in [3.8, 4) is 0 Å². The predicted octanol–water partition coefficient (Wildman–Crippen LogP) is 1.10. The van der Waals surface area contributed by atoms with Gasteiger partial charge in [0.05, 0.1) is 4.90 Å². The van der Waals surface area contributed by atoms with Crippen molar-refractivity contribution in [2.45, 2.75) is 43.7 Å². The van der Waals surface area contributed by atoms with Gasteiger partial charge in [-0.1, -0.05) is 26.0 Å². The van der Waals surface area contributed by atoms with Crippen molar-refractivity contribution in [1.82, 2.24) is 14.9 Å². The van der Waals surface area contributed by atoms with Crippen LogP contribution in [0.4, 0.5) is 0 Å². The molecule has 0 radical (unpaired) electrons. The summed E-state index contributed by atoms with van der Waals surface area (Å²) in [6.07, 6.45) is 1.27. The minimum atomic E-state index is -3.46. The van der Waals surface area contributed by atoms with E-state index >= 15 is 0 Å². The molecular formula is C18H29N3O4S. The standard InChI is InChI=1S/C18H29N3O4S/c1-4-21(5-2)26(23,24)16-8-6-15(7-9-16)14-20-17(22)18(25-3)10-12-19-13-11-18/h6-9,19H,4-5,10-14H2,1-3H3,(H,20,22). The van der Waals surface area contributed by atoms with Gasteiger partial charge in [-0.25, -0.2) is 8.42 Å². The third kappa shape index (κ3) is 4.43. The van der Waals surface area contributed by atoms with E-state index in [1.54, 1.807) is 31.4 Å². The lowest BCUT2D eigenvalue weighted by atomic mass is 9.91. The number of nitrogens with zero attached hydrogens (tertiary/aromatic N) is 1. The molecule has 1 aromatic carbocycles. The number of amides is 1. The van der Waals surface area contributed by atoms with Crippen LogP contribution in [0.3, 0.4) is 0 Å². The Morgan fingerprint density at radius 2 is 1.77 bits per heavy atom. The van der Waals surface area contributed by atoms with Crippen molar-refractivity contribution < 1.29 is 17.9 Å². The first-order valence-electron chi connectivity index (χ1n) is 9.03. The number of carbonyl (C=O) groups is 1. The number of nitrogens with one attached hydrogen (secondary N) is 2. The molecule has 1 aliphatic rings. The van der Waals surface area contributed by atoms with Gasteiger partial charge in [-0.2, -0.15) is 4.31 Å². The maximum absolute atomic E-state index is 12.6. The summed E-state index contributed by atoms with van der Waals surface area (Å²) in [5.41, 5.74) is 0.0640. The summed E-state index contributed by atoms with van der Waals surface area (Å²) in [6.45, 7) is 6.34. The van der Waals surface area contributed by atoms with Gasteiger partial charge in [0.25, 0.3) is 5.91 Å². The highest BCUT2D eigenvalue weighted by Crippen LogP contribution is 2.23. The van der Waals surface area contributed by atoms with Crippen LogP contribution in [0.25, 0.3) is 0 Å². The molecule has 1 amide bonds. The van der Waals surface area contributed by atoms with Gasteiger partial charge in [-0.15, -0.1) is 0 Å². The summed E-state index contributed by atoms with van der Waals surface area (Å²) in [5, 5.41) is 6.13. The topological polar surface area (TPSA) is 87.7 Å². The predicted molar refractivity (Wildman–Crippen MR) is 100 cm³/mol. The highest BCUT2D eigenvalue weighted by molar-refractivity contribution is 7.89. The minimum Gasteiger partial charge on any atom is -0.368 e. The molecule has 0 saturated carbocycles. The molecule has 8 heteroatoms. The molecule has 0 spiro atoms. The van der Waals surface area contributed by atoms with E-state index in [2.05, 4.69) is 10.6 Å². The summed E-state index contributed by atoms with van der Waals surface area (Å²) in [4.78, 5) is 12.8. The average Bonchev–Trinajstić information content (AvgIpc) is 2.67. The number of hydrogen-bond donors (Lipinski definition) is 2. The number of methoxy groups -OCH3 is 1. The first kappa shape index (κ1) is 20.8. The number of carbonyl (C=O) groups excluding carboxylic acids is 1. The second-order valence-electron chi connectivity index (χ2n) is 6.36. The SMILES string of the molecule is CCN(CC)S(=O)(=O)c1ccc(CNC(=O)C2(OC)CCNCC2)cc1. The summed E-state index contributed by atoms with van der Waals surface area (Å²) >= 11 is 0. The van der Waals surface area contributed by atoms with E-state index in [0.717, 1.165) is 18.7 Å². The summed E-state index contributed by atoms with van der Waals surface area (Å²) in [6, 6.07) is 6.65. The average molecular weight is 384 g/mol. The van der Waals surface area contributed by atoms with Crippen LogP contribution in [0.5, 0.6) is 0 Å². The molecule has 1 aliphatic heterocycles. The Hall–Kier alpha value is -1.48. The number of sulfonamides is 1. The number of piperidine rings is 1. The van der Waals surface area contributed by atoms with Crippen molar-refractivity contribution in [3.63, 3.8) is 0 Å². The number of rotatable bonds is 8. The third-order valence-corrected chi connectivity index (χ3v) is 7.00. The van der Waals surface area contributed by atoms with Crippen LogP contribution in [0, 0.1) is 0 Å². The van der Waals surface area contributed by atoms with Gasteiger partial charge in [-0.3, -0.25) is 4.79 Å². The highest BCUT2D eigenvalue weighted by atomic mass is 32.2. The maximum atomic E-state index is 12.6. The molecule has 1 heterocycles. The van der Waals surface area contributed by atoms with Crippen LogP contribution < -0.4 is 10.6 Å². The number of benzene rings is 1. The Morgan fingerprint density at radius 1 is 1.19 bits per heavy atom. The Kier molecular flexibility index (Phi) is 7.16. The highest BCUT2D eigenvalue weighted by Gasteiger charge is 2.39. The molecule has 0 aromatic heterocycles. The number of ether oxygens (including phenoxy) is 1. The third-order valence-electron chi connectivity index (χ3n) is 4.94. The van der Waals surface area contributed by atoms with Crippen LogP contribution in [0.1, 0.15) is 32.3 Å². The van der Waals surface area contributed by atoms with E-state index in [-0.39, 0.29) is 10.8 Å². The molecule has 0 unspecified atom stereocenters. The van der Waals surface area contributed by atoms with E-state index in [1.165, 1.54) is 4.31 Å². The number of hydrogen-bond acceptors (Lipinski definition) is 5. The van der Waals surface area contributed by atoms with Crippen molar-refractivity contribution >= 4 is 15.9 Å². The van der Waals surface area contributed by atoms with Gasteiger partial charge in [-0.05, 0) is 43.6 Å². The molecule has 0 atom stereocenters. The Bertz CT molecular complexity index is 694. The molecule has 0 bridgehead atoms. The molecule has 0 aliphatic carbocycles. The Balaban J connectivity index is 2.02. The molecule has 2 rings (SSSR count). The van der Waals surface area contributed by atoms with E-state index < -0.39 is 15.6 Å². The second-order valence-corrected chi connectivity index (χ2v) is 8.30. The molecule has 26 heavy (non-hydrogen) atoms.